The monoisotopic (exact) mass is 345 g/mol. The van der Waals surface area contributed by atoms with Gasteiger partial charge in [-0.2, -0.15) is 0 Å². The second kappa shape index (κ2) is 7.98. The van der Waals surface area contributed by atoms with Crippen LogP contribution in [0.15, 0.2) is 30.3 Å². The fourth-order valence-corrected chi connectivity index (χ4v) is 1.85. The minimum absolute atomic E-state index is 0. The smallest absolute Gasteiger partial charge is 0.277 e. The van der Waals surface area contributed by atoms with E-state index in [1.165, 1.54) is 0 Å². The van der Waals surface area contributed by atoms with Crippen LogP contribution in [0.1, 0.15) is 11.4 Å². The van der Waals surface area contributed by atoms with Gasteiger partial charge in [0.25, 0.3) is 5.92 Å². The van der Waals surface area contributed by atoms with Crippen molar-refractivity contribution in [3.05, 3.63) is 41.7 Å². The topological polar surface area (TPSA) is 85.8 Å². The van der Waals surface area contributed by atoms with Crippen LogP contribution < -0.4 is 11.1 Å². The Morgan fingerprint density at radius 2 is 2.00 bits per heavy atom. The summed E-state index contributed by atoms with van der Waals surface area (Å²) in [5.74, 6) is -3.65. The van der Waals surface area contributed by atoms with E-state index >= 15 is 0 Å². The highest BCUT2D eigenvalue weighted by molar-refractivity contribution is 5.85. The molecule has 1 aromatic heterocycles. The lowest BCUT2D eigenvalue weighted by Gasteiger charge is -2.14. The van der Waals surface area contributed by atoms with Gasteiger partial charge in [0, 0.05) is 0 Å². The molecule has 0 aliphatic rings. The van der Waals surface area contributed by atoms with Crippen molar-refractivity contribution in [2.75, 3.05) is 13.1 Å². The van der Waals surface area contributed by atoms with E-state index in [0.29, 0.717) is 11.4 Å². The first kappa shape index (κ1) is 19.0. The Morgan fingerprint density at radius 3 is 2.61 bits per heavy atom. The maximum atomic E-state index is 13.0. The normalized spacial score (nSPS) is 11.0. The number of rotatable bonds is 6. The number of nitrogens with zero attached hydrogens (tertiary/aromatic N) is 3. The largest absolute Gasteiger partial charge is 0.350 e. The van der Waals surface area contributed by atoms with E-state index in [4.69, 9.17) is 5.73 Å². The van der Waals surface area contributed by atoms with Crippen LogP contribution >= 0.6 is 12.4 Å². The standard InChI is InChI=1S/C14H17F2N5O.ClH/c1-10-12(7-13(22)18-9-14(15,16)8-17)19-20-21(10)11-5-3-2-4-6-11;/h2-6H,7-9,17H2,1H3,(H,18,22);1H. The fraction of sp³-hybridized carbons (Fsp3) is 0.357. The molecule has 0 spiro atoms. The Labute approximate surface area is 138 Å². The predicted molar refractivity (Wildman–Crippen MR) is 84.1 cm³/mol. The van der Waals surface area contributed by atoms with Crippen molar-refractivity contribution in [3.8, 4) is 5.69 Å². The zero-order valence-corrected chi connectivity index (χ0v) is 13.3. The molecule has 1 amide bonds. The van der Waals surface area contributed by atoms with Crippen LogP contribution in [0.25, 0.3) is 5.69 Å². The molecule has 2 rings (SSSR count). The number of carbonyl (C=O) groups is 1. The van der Waals surface area contributed by atoms with Gasteiger partial charge in [0.05, 0.1) is 36.6 Å². The van der Waals surface area contributed by atoms with Gasteiger partial charge in [-0.3, -0.25) is 4.79 Å². The van der Waals surface area contributed by atoms with Crippen molar-refractivity contribution in [2.24, 2.45) is 5.73 Å². The van der Waals surface area contributed by atoms with Crippen LogP contribution in [0.5, 0.6) is 0 Å². The first-order valence-corrected chi connectivity index (χ1v) is 6.74. The van der Waals surface area contributed by atoms with Crippen molar-refractivity contribution < 1.29 is 13.6 Å². The van der Waals surface area contributed by atoms with E-state index < -0.39 is 24.9 Å². The molecule has 9 heteroatoms. The summed E-state index contributed by atoms with van der Waals surface area (Å²) >= 11 is 0. The molecule has 0 aliphatic carbocycles. The van der Waals surface area contributed by atoms with Gasteiger partial charge in [-0.05, 0) is 19.1 Å². The van der Waals surface area contributed by atoms with E-state index in [9.17, 15) is 13.6 Å². The van der Waals surface area contributed by atoms with Gasteiger partial charge in [0.1, 0.15) is 0 Å². The molecular weight excluding hydrogens is 328 g/mol. The van der Waals surface area contributed by atoms with E-state index in [2.05, 4.69) is 15.6 Å². The van der Waals surface area contributed by atoms with Gasteiger partial charge < -0.3 is 11.1 Å². The third-order valence-electron chi connectivity index (χ3n) is 3.16. The lowest BCUT2D eigenvalue weighted by molar-refractivity contribution is -0.122. The van der Waals surface area contributed by atoms with Crippen molar-refractivity contribution >= 4 is 18.3 Å². The number of amides is 1. The van der Waals surface area contributed by atoms with Crippen molar-refractivity contribution in [1.82, 2.24) is 20.3 Å². The summed E-state index contributed by atoms with van der Waals surface area (Å²) in [7, 11) is 0. The number of nitrogens with one attached hydrogen (secondary N) is 1. The highest BCUT2D eigenvalue weighted by Gasteiger charge is 2.27. The summed E-state index contributed by atoms with van der Waals surface area (Å²) in [4.78, 5) is 11.7. The molecule has 0 bridgehead atoms. The molecule has 6 nitrogen and oxygen atoms in total. The van der Waals surface area contributed by atoms with Gasteiger partial charge in [0.15, 0.2) is 0 Å². The average molecular weight is 346 g/mol. The number of hydrogen-bond acceptors (Lipinski definition) is 4. The highest BCUT2D eigenvalue weighted by Crippen LogP contribution is 2.12. The minimum atomic E-state index is -3.10. The molecule has 2 aromatic rings. The van der Waals surface area contributed by atoms with Crippen LogP contribution in [0.2, 0.25) is 0 Å². The predicted octanol–water partition coefficient (Wildman–Crippen LogP) is 1.25. The maximum Gasteiger partial charge on any atom is 0.277 e. The summed E-state index contributed by atoms with van der Waals surface area (Å²) < 4.78 is 27.6. The van der Waals surface area contributed by atoms with E-state index in [1.54, 1.807) is 11.6 Å². The first-order valence-electron chi connectivity index (χ1n) is 6.74. The fourth-order valence-electron chi connectivity index (χ4n) is 1.85. The van der Waals surface area contributed by atoms with Crippen molar-refractivity contribution in [3.63, 3.8) is 0 Å². The SMILES string of the molecule is Cc1c(CC(=O)NCC(F)(F)CN)nnn1-c1ccccc1.Cl. The molecule has 3 N–H and O–H groups in total. The molecule has 0 unspecified atom stereocenters. The van der Waals surface area contributed by atoms with Gasteiger partial charge >= 0.3 is 0 Å². The maximum absolute atomic E-state index is 13.0. The number of carbonyl (C=O) groups excluding carboxylic acids is 1. The summed E-state index contributed by atoms with van der Waals surface area (Å²) in [6, 6.07) is 9.30. The summed E-state index contributed by atoms with van der Waals surface area (Å²) in [5, 5.41) is 10.1. The second-order valence-electron chi connectivity index (χ2n) is 4.88. The molecule has 0 fully saturated rings. The Kier molecular flexibility index (Phi) is 6.59. The Morgan fingerprint density at radius 1 is 1.35 bits per heavy atom. The summed E-state index contributed by atoms with van der Waals surface area (Å²) in [6.07, 6.45) is -0.112. The molecular formula is C14H18ClF2N5O. The van der Waals surface area contributed by atoms with Gasteiger partial charge in [-0.25, -0.2) is 13.5 Å². The molecule has 0 aliphatic heterocycles. The Hall–Kier alpha value is -2.06. The number of para-hydroxylation sites is 1. The van der Waals surface area contributed by atoms with Crippen LogP contribution in [-0.2, 0) is 11.2 Å². The number of halogens is 3. The lowest BCUT2D eigenvalue weighted by Crippen LogP contribution is -2.42. The molecule has 0 saturated carbocycles. The Balaban J connectivity index is 0.00000264. The zero-order valence-electron chi connectivity index (χ0n) is 12.5. The molecule has 1 aromatic carbocycles. The van der Waals surface area contributed by atoms with Crippen LogP contribution in [0.4, 0.5) is 8.78 Å². The number of benzene rings is 1. The third-order valence-corrected chi connectivity index (χ3v) is 3.16. The minimum Gasteiger partial charge on any atom is -0.350 e. The van der Waals surface area contributed by atoms with Gasteiger partial charge in [-0.15, -0.1) is 17.5 Å². The molecule has 0 saturated heterocycles. The lowest BCUT2D eigenvalue weighted by atomic mass is 10.2. The number of alkyl halides is 2. The van der Waals surface area contributed by atoms with Crippen LogP contribution in [0.3, 0.4) is 0 Å². The van der Waals surface area contributed by atoms with Gasteiger partial charge in [-0.1, -0.05) is 23.4 Å². The van der Waals surface area contributed by atoms with Crippen LogP contribution in [0, 0.1) is 6.92 Å². The molecule has 23 heavy (non-hydrogen) atoms. The van der Waals surface area contributed by atoms with Gasteiger partial charge in [0.2, 0.25) is 5.91 Å². The highest BCUT2D eigenvalue weighted by atomic mass is 35.5. The van der Waals surface area contributed by atoms with Crippen molar-refractivity contribution in [2.45, 2.75) is 19.3 Å². The second-order valence-corrected chi connectivity index (χ2v) is 4.88. The van der Waals surface area contributed by atoms with E-state index in [-0.39, 0.29) is 18.8 Å². The molecule has 126 valence electrons. The van der Waals surface area contributed by atoms with E-state index in [1.807, 2.05) is 30.3 Å². The molecule has 1 heterocycles. The Bertz CT molecular complexity index is 648. The average Bonchev–Trinajstić information content (AvgIpc) is 2.87. The zero-order chi connectivity index (χ0) is 16.2. The molecule has 0 radical (unpaired) electrons. The van der Waals surface area contributed by atoms with Crippen molar-refractivity contribution in [1.29, 1.82) is 0 Å². The third kappa shape index (κ3) is 4.97. The number of aromatic nitrogens is 3. The quantitative estimate of drug-likeness (QED) is 0.825. The van der Waals surface area contributed by atoms with Crippen LogP contribution in [-0.4, -0.2) is 39.9 Å². The van der Waals surface area contributed by atoms with E-state index in [0.717, 1.165) is 5.69 Å². The summed E-state index contributed by atoms with van der Waals surface area (Å²) in [6.45, 7) is 0.175. The summed E-state index contributed by atoms with van der Waals surface area (Å²) in [5.41, 5.74) is 6.85. The number of hydrogen-bond donors (Lipinski definition) is 2. The number of nitrogens with two attached hydrogens (primary N) is 1. The molecule has 0 atom stereocenters. The first-order chi connectivity index (χ1) is 10.4.